The number of rotatable bonds is 67. The van der Waals surface area contributed by atoms with Crippen molar-refractivity contribution in [3.8, 4) is 0 Å². The highest BCUT2D eigenvalue weighted by Crippen LogP contribution is 2.18. The maximum absolute atomic E-state index is 12.5. The van der Waals surface area contributed by atoms with E-state index in [-0.39, 0.29) is 18.5 Å². The fourth-order valence-corrected chi connectivity index (χ4v) is 11.1. The Hall–Kier alpha value is -2.18. The monoisotopic (exact) mass is 1120 g/mol. The molecule has 2 atom stereocenters. The molecule has 6 nitrogen and oxygen atoms in total. The van der Waals surface area contributed by atoms with Gasteiger partial charge in [0, 0.05) is 12.8 Å². The molecule has 0 saturated heterocycles. The van der Waals surface area contributed by atoms with Gasteiger partial charge in [0.15, 0.2) is 0 Å². The number of aliphatic hydroxyl groups is 2. The number of carbonyl (C=O) groups excluding carboxylic acids is 2. The van der Waals surface area contributed by atoms with Gasteiger partial charge in [-0.15, -0.1) is 0 Å². The topological polar surface area (TPSA) is 95.9 Å². The van der Waals surface area contributed by atoms with Gasteiger partial charge in [-0.3, -0.25) is 9.59 Å². The lowest BCUT2D eigenvalue weighted by Crippen LogP contribution is -2.45. The standard InChI is InChI=1S/C74H139NO5/c1-3-5-7-9-11-13-15-17-19-21-22-23-26-29-32-35-38-42-46-50-54-58-62-66-72(77)71(70-76)75-73(78)67-63-59-55-51-47-43-39-36-33-30-27-24-25-28-31-34-37-41-45-49-53-57-61-65-69-80-74(79)68-64-60-56-52-48-44-40-20-18-16-14-12-10-8-6-4-2/h14,16,20,27,30,40,62,66,71-72,76-77H,3-13,15,17-19,21-26,28-29,31-39,41-61,63-65,67-70H2,1-2H3,(H,75,78)/b16-14-,30-27-,40-20-,66-62+. The molecule has 0 aliphatic heterocycles. The van der Waals surface area contributed by atoms with Crippen LogP contribution in [0.4, 0.5) is 0 Å². The minimum Gasteiger partial charge on any atom is -0.466 e. The number of aliphatic hydroxyl groups excluding tert-OH is 2. The lowest BCUT2D eigenvalue weighted by Gasteiger charge is -2.20. The number of amides is 1. The van der Waals surface area contributed by atoms with Crippen molar-refractivity contribution in [3.63, 3.8) is 0 Å². The van der Waals surface area contributed by atoms with Crippen molar-refractivity contribution in [1.82, 2.24) is 5.32 Å². The van der Waals surface area contributed by atoms with E-state index in [9.17, 15) is 19.8 Å². The first-order valence-corrected chi connectivity index (χ1v) is 35.9. The molecule has 0 rings (SSSR count). The molecule has 0 heterocycles. The number of unbranched alkanes of at least 4 members (excludes halogenated alkanes) is 50. The third kappa shape index (κ3) is 65.0. The summed E-state index contributed by atoms with van der Waals surface area (Å²) < 4.78 is 5.49. The second-order valence-electron chi connectivity index (χ2n) is 24.6. The Morgan fingerprint density at radius 1 is 0.350 bits per heavy atom. The van der Waals surface area contributed by atoms with E-state index in [0.717, 1.165) is 51.4 Å². The van der Waals surface area contributed by atoms with E-state index in [1.807, 2.05) is 6.08 Å². The van der Waals surface area contributed by atoms with Gasteiger partial charge in [-0.2, -0.15) is 0 Å². The van der Waals surface area contributed by atoms with Crippen LogP contribution in [0.25, 0.3) is 0 Å². The second kappa shape index (κ2) is 69.3. The average Bonchev–Trinajstić information content (AvgIpc) is 3.46. The molecule has 6 heteroatoms. The summed E-state index contributed by atoms with van der Waals surface area (Å²) in [6.45, 7) is 4.91. The van der Waals surface area contributed by atoms with Crippen LogP contribution < -0.4 is 5.32 Å². The average molecular weight is 1120 g/mol. The Bertz CT molecular complexity index is 1340. The van der Waals surface area contributed by atoms with Crippen molar-refractivity contribution < 1.29 is 24.5 Å². The summed E-state index contributed by atoms with van der Waals surface area (Å²) in [4.78, 5) is 24.6. The molecule has 1 amide bonds. The third-order valence-corrected chi connectivity index (χ3v) is 16.6. The molecule has 0 spiro atoms. The Kier molecular flexibility index (Phi) is 67.4. The van der Waals surface area contributed by atoms with Crippen LogP contribution in [-0.4, -0.2) is 47.4 Å². The Morgan fingerprint density at radius 3 is 0.975 bits per heavy atom. The Balaban J connectivity index is 3.44. The van der Waals surface area contributed by atoms with Crippen LogP contribution in [0.2, 0.25) is 0 Å². The SMILES string of the molecule is CCCCCC/C=C\C/C=C\CCCCCCCC(=O)OCCCCCCCCCCCCCC/C=C\CCCCCCCCCCC(=O)NC(CO)C(O)/C=C/CCCCCCCCCCCCCCCCCCCCCCC. The van der Waals surface area contributed by atoms with Crippen LogP contribution >= 0.6 is 0 Å². The fourth-order valence-electron chi connectivity index (χ4n) is 11.1. The molecule has 470 valence electrons. The first kappa shape index (κ1) is 77.8. The minimum absolute atomic E-state index is 0.00113. The summed E-state index contributed by atoms with van der Waals surface area (Å²) in [5.74, 6) is -0.0704. The van der Waals surface area contributed by atoms with E-state index in [1.54, 1.807) is 6.08 Å². The molecule has 0 bridgehead atoms. The molecule has 0 aliphatic rings. The third-order valence-electron chi connectivity index (χ3n) is 16.6. The summed E-state index contributed by atoms with van der Waals surface area (Å²) in [5, 5.41) is 23.3. The van der Waals surface area contributed by atoms with E-state index in [1.165, 1.54) is 308 Å². The Labute approximate surface area is 499 Å². The number of ether oxygens (including phenoxy) is 1. The smallest absolute Gasteiger partial charge is 0.305 e. The summed E-state index contributed by atoms with van der Waals surface area (Å²) in [5.41, 5.74) is 0. The van der Waals surface area contributed by atoms with Crippen molar-refractivity contribution in [3.05, 3.63) is 48.6 Å². The van der Waals surface area contributed by atoms with Crippen LogP contribution in [0.5, 0.6) is 0 Å². The molecule has 0 aromatic rings. The number of allylic oxidation sites excluding steroid dienone is 7. The molecule has 0 saturated carbocycles. The molecule has 0 radical (unpaired) electrons. The highest BCUT2D eigenvalue weighted by molar-refractivity contribution is 5.76. The molecule has 0 aliphatic carbocycles. The van der Waals surface area contributed by atoms with Gasteiger partial charge in [0.05, 0.1) is 25.4 Å². The fraction of sp³-hybridized carbons (Fsp3) is 0.865. The first-order valence-electron chi connectivity index (χ1n) is 35.9. The van der Waals surface area contributed by atoms with Gasteiger partial charge in [-0.1, -0.05) is 332 Å². The van der Waals surface area contributed by atoms with Crippen LogP contribution in [0.1, 0.15) is 386 Å². The highest BCUT2D eigenvalue weighted by Gasteiger charge is 2.18. The molecule has 0 fully saturated rings. The van der Waals surface area contributed by atoms with E-state index < -0.39 is 12.1 Å². The van der Waals surface area contributed by atoms with Crippen LogP contribution in [0.3, 0.4) is 0 Å². The van der Waals surface area contributed by atoms with Crippen molar-refractivity contribution in [1.29, 1.82) is 0 Å². The van der Waals surface area contributed by atoms with Gasteiger partial charge in [0.25, 0.3) is 0 Å². The maximum Gasteiger partial charge on any atom is 0.305 e. The Morgan fingerprint density at radius 2 is 0.625 bits per heavy atom. The molecule has 0 aromatic heterocycles. The lowest BCUT2D eigenvalue weighted by molar-refractivity contribution is -0.143. The van der Waals surface area contributed by atoms with Gasteiger partial charge in [0.2, 0.25) is 5.91 Å². The number of carbonyl (C=O) groups is 2. The van der Waals surface area contributed by atoms with Crippen LogP contribution in [0.15, 0.2) is 48.6 Å². The summed E-state index contributed by atoms with van der Waals surface area (Å²) >= 11 is 0. The van der Waals surface area contributed by atoms with E-state index >= 15 is 0 Å². The lowest BCUT2D eigenvalue weighted by atomic mass is 10.0. The highest BCUT2D eigenvalue weighted by atomic mass is 16.5. The van der Waals surface area contributed by atoms with Crippen molar-refractivity contribution in [2.24, 2.45) is 0 Å². The number of nitrogens with one attached hydrogen (secondary N) is 1. The van der Waals surface area contributed by atoms with E-state index in [2.05, 4.69) is 55.6 Å². The van der Waals surface area contributed by atoms with E-state index in [4.69, 9.17) is 4.74 Å². The van der Waals surface area contributed by atoms with Crippen molar-refractivity contribution in [2.75, 3.05) is 13.2 Å². The van der Waals surface area contributed by atoms with Gasteiger partial charge in [0.1, 0.15) is 0 Å². The van der Waals surface area contributed by atoms with Gasteiger partial charge in [-0.25, -0.2) is 0 Å². The van der Waals surface area contributed by atoms with Crippen LogP contribution in [0, 0.1) is 0 Å². The maximum atomic E-state index is 12.5. The van der Waals surface area contributed by atoms with Gasteiger partial charge < -0.3 is 20.3 Å². The largest absolute Gasteiger partial charge is 0.466 e. The summed E-state index contributed by atoms with van der Waals surface area (Å²) in [7, 11) is 0. The zero-order chi connectivity index (χ0) is 57.8. The molecule has 0 aromatic carbocycles. The van der Waals surface area contributed by atoms with Crippen LogP contribution in [-0.2, 0) is 14.3 Å². The second-order valence-corrected chi connectivity index (χ2v) is 24.6. The molecule has 2 unspecified atom stereocenters. The normalized spacial score (nSPS) is 12.8. The first-order chi connectivity index (χ1) is 39.5. The predicted molar refractivity (Wildman–Crippen MR) is 352 cm³/mol. The van der Waals surface area contributed by atoms with Gasteiger partial charge in [-0.05, 0) is 89.9 Å². The van der Waals surface area contributed by atoms with Crippen molar-refractivity contribution in [2.45, 2.75) is 398 Å². The van der Waals surface area contributed by atoms with Gasteiger partial charge >= 0.3 is 5.97 Å². The number of hydrogen-bond acceptors (Lipinski definition) is 5. The molecular weight excluding hydrogens is 983 g/mol. The predicted octanol–water partition coefficient (Wildman–Crippen LogP) is 23.3. The zero-order valence-electron chi connectivity index (χ0n) is 53.8. The van der Waals surface area contributed by atoms with E-state index in [0.29, 0.717) is 19.4 Å². The minimum atomic E-state index is -0.850. The zero-order valence-corrected chi connectivity index (χ0v) is 53.8. The molecule has 80 heavy (non-hydrogen) atoms. The quantitative estimate of drug-likeness (QED) is 0.0320. The molecular formula is C74H139NO5. The summed E-state index contributed by atoms with van der Waals surface area (Å²) in [6.07, 6.45) is 90.4. The number of esters is 1. The van der Waals surface area contributed by atoms with Crippen molar-refractivity contribution >= 4 is 11.9 Å². The molecule has 3 N–H and O–H groups in total. The summed E-state index contributed by atoms with van der Waals surface area (Å²) in [6, 6.07) is -0.634. The number of hydrogen-bond donors (Lipinski definition) is 3.